The Labute approximate surface area is 177 Å². The largest absolute Gasteiger partial charge is 0.497 e. The van der Waals surface area contributed by atoms with Crippen LogP contribution in [0.15, 0.2) is 53.7 Å². The minimum Gasteiger partial charge on any atom is -0.497 e. The van der Waals surface area contributed by atoms with E-state index in [0.29, 0.717) is 11.3 Å². The summed E-state index contributed by atoms with van der Waals surface area (Å²) in [6.07, 6.45) is 0. The Morgan fingerprint density at radius 3 is 2.57 bits per heavy atom. The molecule has 0 bridgehead atoms. The lowest BCUT2D eigenvalue weighted by molar-refractivity contribution is -0.139. The number of esters is 1. The first-order chi connectivity index (χ1) is 14.4. The van der Waals surface area contributed by atoms with Gasteiger partial charge >= 0.3 is 12.0 Å². The first-order valence-electron chi connectivity index (χ1n) is 9.12. The highest BCUT2D eigenvalue weighted by Gasteiger charge is 2.34. The van der Waals surface area contributed by atoms with E-state index in [4.69, 9.17) is 25.8 Å². The van der Waals surface area contributed by atoms with E-state index in [0.717, 1.165) is 6.07 Å². The van der Waals surface area contributed by atoms with Gasteiger partial charge in [0.1, 0.15) is 23.9 Å². The predicted molar refractivity (Wildman–Crippen MR) is 108 cm³/mol. The van der Waals surface area contributed by atoms with Crippen LogP contribution in [0.4, 0.5) is 9.18 Å². The quantitative estimate of drug-likeness (QED) is 0.648. The van der Waals surface area contributed by atoms with Crippen molar-refractivity contribution in [1.82, 2.24) is 10.6 Å². The van der Waals surface area contributed by atoms with Crippen molar-refractivity contribution >= 4 is 23.6 Å². The van der Waals surface area contributed by atoms with Crippen molar-refractivity contribution in [3.8, 4) is 11.5 Å². The van der Waals surface area contributed by atoms with Crippen molar-refractivity contribution in [1.29, 1.82) is 0 Å². The number of ether oxygens (including phenoxy) is 3. The van der Waals surface area contributed by atoms with Gasteiger partial charge in [-0.3, -0.25) is 0 Å². The molecule has 2 aromatic rings. The Bertz CT molecular complexity index is 978. The van der Waals surface area contributed by atoms with Crippen molar-refractivity contribution in [2.45, 2.75) is 13.0 Å². The Morgan fingerprint density at radius 2 is 1.93 bits per heavy atom. The highest BCUT2D eigenvalue weighted by atomic mass is 35.5. The highest BCUT2D eigenvalue weighted by molar-refractivity contribution is 6.32. The Morgan fingerprint density at radius 1 is 1.20 bits per heavy atom. The molecule has 0 aromatic heterocycles. The number of hydrogen-bond donors (Lipinski definition) is 2. The van der Waals surface area contributed by atoms with E-state index in [1.54, 1.807) is 38.3 Å². The molecule has 0 radical (unpaired) electrons. The van der Waals surface area contributed by atoms with Crippen molar-refractivity contribution in [3.63, 3.8) is 0 Å². The molecule has 2 aromatic carbocycles. The molecule has 7 nitrogen and oxygen atoms in total. The molecule has 1 unspecified atom stereocenters. The number of nitrogens with one attached hydrogen (secondary N) is 2. The molecule has 9 heteroatoms. The lowest BCUT2D eigenvalue weighted by Crippen LogP contribution is -2.47. The number of benzene rings is 2. The minimum atomic E-state index is -0.758. The fraction of sp³-hybridized carbons (Fsp3) is 0.238. The second kappa shape index (κ2) is 9.49. The summed E-state index contributed by atoms with van der Waals surface area (Å²) in [5, 5.41) is 5.39. The summed E-state index contributed by atoms with van der Waals surface area (Å²) >= 11 is 5.99. The summed E-state index contributed by atoms with van der Waals surface area (Å²) in [6.45, 7) is 1.66. The summed E-state index contributed by atoms with van der Waals surface area (Å²) in [7, 11) is 1.54. The molecule has 30 heavy (non-hydrogen) atoms. The van der Waals surface area contributed by atoms with E-state index in [-0.39, 0.29) is 35.3 Å². The van der Waals surface area contributed by atoms with Crippen LogP contribution in [0.2, 0.25) is 5.02 Å². The number of rotatable bonds is 7. The number of halogens is 2. The molecule has 1 atom stereocenters. The fourth-order valence-electron chi connectivity index (χ4n) is 2.97. The zero-order valence-electron chi connectivity index (χ0n) is 16.3. The highest BCUT2D eigenvalue weighted by Crippen LogP contribution is 2.30. The van der Waals surface area contributed by atoms with E-state index in [2.05, 4.69) is 10.6 Å². The third kappa shape index (κ3) is 4.83. The molecule has 0 saturated carbocycles. The number of carbonyl (C=O) groups excluding carboxylic acids is 2. The zero-order valence-corrected chi connectivity index (χ0v) is 17.1. The zero-order chi connectivity index (χ0) is 21.7. The number of methoxy groups -OCH3 is 1. The van der Waals surface area contributed by atoms with Gasteiger partial charge in [0, 0.05) is 0 Å². The molecule has 3 rings (SSSR count). The van der Waals surface area contributed by atoms with Gasteiger partial charge in [0.2, 0.25) is 0 Å². The molecule has 2 amide bonds. The molecular weight excluding hydrogens is 415 g/mol. The molecule has 1 aliphatic rings. The van der Waals surface area contributed by atoms with Gasteiger partial charge in [-0.1, -0.05) is 23.7 Å². The second-order valence-corrected chi connectivity index (χ2v) is 6.69. The van der Waals surface area contributed by atoms with Crippen LogP contribution >= 0.6 is 11.6 Å². The van der Waals surface area contributed by atoms with Crippen molar-refractivity contribution < 1.29 is 28.2 Å². The maximum Gasteiger partial charge on any atom is 0.338 e. The topological polar surface area (TPSA) is 85.9 Å². The normalized spacial score (nSPS) is 15.9. The molecule has 158 valence electrons. The van der Waals surface area contributed by atoms with Crippen LogP contribution in [0, 0.1) is 5.82 Å². The number of amides is 2. The van der Waals surface area contributed by atoms with Gasteiger partial charge < -0.3 is 24.8 Å². The van der Waals surface area contributed by atoms with E-state index in [1.165, 1.54) is 12.1 Å². The van der Waals surface area contributed by atoms with Crippen molar-refractivity contribution in [2.75, 3.05) is 20.3 Å². The molecule has 2 N–H and O–H groups in total. The monoisotopic (exact) mass is 434 g/mol. The van der Waals surface area contributed by atoms with Crippen LogP contribution in [0.5, 0.6) is 11.5 Å². The van der Waals surface area contributed by atoms with Crippen LogP contribution in [0.3, 0.4) is 0 Å². The van der Waals surface area contributed by atoms with Crippen LogP contribution in [-0.2, 0) is 9.53 Å². The third-order valence-corrected chi connectivity index (χ3v) is 4.66. The van der Waals surface area contributed by atoms with Gasteiger partial charge in [0.05, 0.1) is 36.1 Å². The van der Waals surface area contributed by atoms with Gasteiger partial charge in [-0.2, -0.15) is 0 Å². The second-order valence-electron chi connectivity index (χ2n) is 6.28. The summed E-state index contributed by atoms with van der Waals surface area (Å²) < 4.78 is 29.2. The maximum atomic E-state index is 13.3. The summed E-state index contributed by atoms with van der Waals surface area (Å²) in [5.41, 5.74) is 1.07. The smallest absolute Gasteiger partial charge is 0.338 e. The first-order valence-corrected chi connectivity index (χ1v) is 9.50. The van der Waals surface area contributed by atoms with E-state index in [1.807, 2.05) is 0 Å². The average molecular weight is 435 g/mol. The van der Waals surface area contributed by atoms with Crippen LogP contribution in [0.1, 0.15) is 18.5 Å². The van der Waals surface area contributed by atoms with Crippen molar-refractivity contribution in [3.05, 3.63) is 70.1 Å². The third-order valence-electron chi connectivity index (χ3n) is 4.36. The molecule has 0 spiro atoms. The summed E-state index contributed by atoms with van der Waals surface area (Å²) in [5.74, 6) is -0.263. The maximum absolute atomic E-state index is 13.3. The number of carbonyl (C=O) groups is 2. The Kier molecular flexibility index (Phi) is 6.79. The molecule has 0 saturated heterocycles. The molecule has 1 aliphatic heterocycles. The van der Waals surface area contributed by atoms with Gasteiger partial charge in [0.15, 0.2) is 0 Å². The van der Waals surface area contributed by atoms with Gasteiger partial charge in [-0.25, -0.2) is 14.0 Å². The van der Waals surface area contributed by atoms with Crippen LogP contribution in [-0.4, -0.2) is 32.3 Å². The fourth-order valence-corrected chi connectivity index (χ4v) is 3.19. The van der Waals surface area contributed by atoms with Crippen molar-refractivity contribution in [2.24, 2.45) is 0 Å². The lowest BCUT2D eigenvalue weighted by Gasteiger charge is -2.29. The molecule has 0 aliphatic carbocycles. The minimum absolute atomic E-state index is 0.0697. The molecule has 1 heterocycles. The Hall–Kier alpha value is -3.26. The summed E-state index contributed by atoms with van der Waals surface area (Å²) in [4.78, 5) is 25.0. The average Bonchev–Trinajstić information content (AvgIpc) is 2.73. The lowest BCUT2D eigenvalue weighted by atomic mass is 9.95. The summed E-state index contributed by atoms with van der Waals surface area (Å²) in [6, 6.07) is 9.33. The first kappa shape index (κ1) is 21.4. The van der Waals surface area contributed by atoms with Gasteiger partial charge in [-0.05, 0) is 42.8 Å². The van der Waals surface area contributed by atoms with Gasteiger partial charge in [-0.15, -0.1) is 0 Å². The van der Waals surface area contributed by atoms with E-state index < -0.39 is 23.9 Å². The number of hydrogen-bond acceptors (Lipinski definition) is 5. The van der Waals surface area contributed by atoms with Gasteiger partial charge in [0.25, 0.3) is 0 Å². The predicted octanol–water partition coefficient (Wildman–Crippen LogP) is 3.74. The van der Waals surface area contributed by atoms with E-state index >= 15 is 0 Å². The molecular formula is C21H20ClFN2O5. The number of urea groups is 1. The molecule has 0 fully saturated rings. The van der Waals surface area contributed by atoms with Crippen LogP contribution in [0.25, 0.3) is 0 Å². The van der Waals surface area contributed by atoms with Crippen LogP contribution < -0.4 is 20.1 Å². The standard InChI is InChI=1S/C21H20ClFN2O5/c1-3-29-20(26)18-16(11-30-17-9-6-13(23)10-15(17)22)24-21(27)25-19(18)12-4-7-14(28-2)8-5-12/h4-10,19H,3,11H2,1-2H3,(H2,24,25,27). The SMILES string of the molecule is CCOC(=O)C1=C(COc2ccc(F)cc2Cl)NC(=O)NC1c1ccc(OC)cc1. The van der Waals surface area contributed by atoms with E-state index in [9.17, 15) is 14.0 Å². The Balaban J connectivity index is 1.96.